The van der Waals surface area contributed by atoms with Crippen LogP contribution in [0.5, 0.6) is 0 Å². The zero-order valence-electron chi connectivity index (χ0n) is 36.6. The molecule has 0 radical (unpaired) electrons. The summed E-state index contributed by atoms with van der Waals surface area (Å²) in [7, 11) is 0. The lowest BCUT2D eigenvalue weighted by Gasteiger charge is -2.24. The third-order valence-electron chi connectivity index (χ3n) is 11.4. The maximum Gasteiger partial charge on any atom is 0.306 e. The van der Waals surface area contributed by atoms with E-state index in [1.165, 1.54) is 180 Å². The highest BCUT2D eigenvalue weighted by Crippen LogP contribution is 2.18. The van der Waals surface area contributed by atoms with Crippen molar-refractivity contribution >= 4 is 11.9 Å². The number of ether oxygens (including phenoxy) is 1. The fraction of sp³-hybridized carbons (Fsp3) is 0.958. The van der Waals surface area contributed by atoms with E-state index in [2.05, 4.69) is 26.1 Å². The van der Waals surface area contributed by atoms with Crippen molar-refractivity contribution in [2.24, 2.45) is 0 Å². The second kappa shape index (κ2) is 43.0. The SMILES string of the molecule is CCCCCCCCCCCCCCCCCCC(O)C(CO)NC(=O)CC(CCCCCCCCC)OC(=O)CCCCCCCCCCCCCC. The molecule has 0 aliphatic carbocycles. The van der Waals surface area contributed by atoms with Crippen LogP contribution in [0.2, 0.25) is 0 Å². The molecule has 0 rings (SSSR count). The second-order valence-corrected chi connectivity index (χ2v) is 16.9. The summed E-state index contributed by atoms with van der Waals surface area (Å²) in [5.74, 6) is -0.462. The monoisotopic (exact) mass is 766 g/mol. The number of esters is 1. The number of hydrogen-bond acceptors (Lipinski definition) is 5. The minimum absolute atomic E-state index is 0.0856. The summed E-state index contributed by atoms with van der Waals surface area (Å²) in [4.78, 5) is 25.9. The molecular weight excluding hydrogens is 671 g/mol. The van der Waals surface area contributed by atoms with Gasteiger partial charge in [0.2, 0.25) is 5.91 Å². The molecule has 0 aliphatic rings. The predicted molar refractivity (Wildman–Crippen MR) is 232 cm³/mol. The molecule has 3 atom stereocenters. The highest BCUT2D eigenvalue weighted by Gasteiger charge is 2.24. The van der Waals surface area contributed by atoms with Crippen molar-refractivity contribution < 1.29 is 24.5 Å². The summed E-state index contributed by atoms with van der Waals surface area (Å²) in [6.45, 7) is 6.47. The van der Waals surface area contributed by atoms with Crippen molar-refractivity contribution in [2.45, 2.75) is 289 Å². The summed E-state index contributed by atoms with van der Waals surface area (Å²) in [6.07, 6.45) is 44.6. The van der Waals surface area contributed by atoms with Crippen LogP contribution in [-0.2, 0) is 14.3 Å². The molecule has 322 valence electrons. The Bertz CT molecular complexity index is 776. The largest absolute Gasteiger partial charge is 0.462 e. The van der Waals surface area contributed by atoms with E-state index in [0.717, 1.165) is 44.9 Å². The molecular formula is C48H95NO5. The first-order chi connectivity index (χ1) is 26.5. The second-order valence-electron chi connectivity index (χ2n) is 16.9. The lowest BCUT2D eigenvalue weighted by Crippen LogP contribution is -2.46. The van der Waals surface area contributed by atoms with Gasteiger partial charge in [0.15, 0.2) is 0 Å². The lowest BCUT2D eigenvalue weighted by atomic mass is 10.0. The molecule has 0 aromatic heterocycles. The van der Waals surface area contributed by atoms with Gasteiger partial charge in [-0.3, -0.25) is 9.59 Å². The van der Waals surface area contributed by atoms with Crippen LogP contribution in [0.25, 0.3) is 0 Å². The first-order valence-corrected chi connectivity index (χ1v) is 24.3. The van der Waals surface area contributed by atoms with Crippen LogP contribution in [0.3, 0.4) is 0 Å². The number of rotatable bonds is 44. The fourth-order valence-corrected chi connectivity index (χ4v) is 7.73. The maximum atomic E-state index is 13.1. The van der Waals surface area contributed by atoms with Crippen molar-refractivity contribution in [1.29, 1.82) is 0 Å². The third-order valence-corrected chi connectivity index (χ3v) is 11.4. The molecule has 0 spiro atoms. The van der Waals surface area contributed by atoms with Crippen molar-refractivity contribution in [1.82, 2.24) is 5.32 Å². The van der Waals surface area contributed by atoms with Crippen LogP contribution < -0.4 is 5.32 Å². The van der Waals surface area contributed by atoms with Crippen molar-refractivity contribution in [3.8, 4) is 0 Å². The molecule has 0 heterocycles. The Kier molecular flexibility index (Phi) is 42.1. The molecule has 0 bridgehead atoms. The van der Waals surface area contributed by atoms with E-state index in [1.807, 2.05) is 0 Å². The van der Waals surface area contributed by atoms with Crippen LogP contribution in [0, 0.1) is 0 Å². The van der Waals surface area contributed by atoms with Gasteiger partial charge in [0.25, 0.3) is 0 Å². The van der Waals surface area contributed by atoms with Gasteiger partial charge < -0.3 is 20.3 Å². The highest BCUT2D eigenvalue weighted by molar-refractivity contribution is 5.77. The van der Waals surface area contributed by atoms with Crippen LogP contribution in [0.4, 0.5) is 0 Å². The lowest BCUT2D eigenvalue weighted by molar-refractivity contribution is -0.151. The maximum absolute atomic E-state index is 13.1. The molecule has 0 fully saturated rings. The van der Waals surface area contributed by atoms with Gasteiger partial charge in [-0.05, 0) is 25.7 Å². The average molecular weight is 766 g/mol. The summed E-state index contributed by atoms with van der Waals surface area (Å²) in [6, 6.07) is -0.690. The summed E-state index contributed by atoms with van der Waals surface area (Å²) < 4.78 is 5.88. The first-order valence-electron chi connectivity index (χ1n) is 24.3. The molecule has 0 saturated carbocycles. The topological polar surface area (TPSA) is 95.9 Å². The summed E-state index contributed by atoms with van der Waals surface area (Å²) in [5, 5.41) is 23.7. The van der Waals surface area contributed by atoms with Gasteiger partial charge in [0, 0.05) is 6.42 Å². The normalized spacial score (nSPS) is 13.2. The number of amides is 1. The zero-order valence-corrected chi connectivity index (χ0v) is 36.6. The minimum atomic E-state index is -0.777. The number of hydrogen-bond donors (Lipinski definition) is 3. The molecule has 3 unspecified atom stereocenters. The molecule has 54 heavy (non-hydrogen) atoms. The van der Waals surface area contributed by atoms with Gasteiger partial charge in [0.1, 0.15) is 6.10 Å². The Balaban J connectivity index is 4.33. The van der Waals surface area contributed by atoms with Crippen LogP contribution in [0.1, 0.15) is 271 Å². The Morgan fingerprint density at radius 3 is 1.13 bits per heavy atom. The molecule has 0 aromatic rings. The zero-order chi connectivity index (χ0) is 39.6. The predicted octanol–water partition coefficient (Wildman–Crippen LogP) is 14.0. The van der Waals surface area contributed by atoms with Gasteiger partial charge >= 0.3 is 5.97 Å². The van der Waals surface area contributed by atoms with Gasteiger partial charge in [-0.1, -0.05) is 233 Å². The third kappa shape index (κ3) is 37.8. The van der Waals surface area contributed by atoms with Crippen molar-refractivity contribution in [2.75, 3.05) is 6.61 Å². The number of aliphatic hydroxyl groups excluding tert-OH is 2. The quantitative estimate of drug-likeness (QED) is 0.0424. The number of carbonyl (C=O) groups is 2. The summed E-state index contributed by atoms with van der Waals surface area (Å²) >= 11 is 0. The van der Waals surface area contributed by atoms with E-state index in [9.17, 15) is 19.8 Å². The van der Waals surface area contributed by atoms with E-state index in [-0.39, 0.29) is 24.9 Å². The molecule has 0 saturated heterocycles. The smallest absolute Gasteiger partial charge is 0.306 e. The number of aliphatic hydroxyl groups is 2. The Labute approximate surface area is 336 Å². The van der Waals surface area contributed by atoms with Crippen LogP contribution in [-0.4, -0.2) is 46.9 Å². The summed E-state index contributed by atoms with van der Waals surface area (Å²) in [5.41, 5.74) is 0. The molecule has 6 heteroatoms. The molecule has 3 N–H and O–H groups in total. The van der Waals surface area contributed by atoms with Crippen LogP contribution in [0.15, 0.2) is 0 Å². The van der Waals surface area contributed by atoms with Gasteiger partial charge in [-0.2, -0.15) is 0 Å². The fourth-order valence-electron chi connectivity index (χ4n) is 7.73. The van der Waals surface area contributed by atoms with E-state index in [1.54, 1.807) is 0 Å². The van der Waals surface area contributed by atoms with Gasteiger partial charge in [-0.15, -0.1) is 0 Å². The van der Waals surface area contributed by atoms with Crippen molar-refractivity contribution in [3.63, 3.8) is 0 Å². The van der Waals surface area contributed by atoms with Crippen molar-refractivity contribution in [3.05, 3.63) is 0 Å². The van der Waals surface area contributed by atoms with Gasteiger partial charge in [0.05, 0.1) is 25.2 Å². The van der Waals surface area contributed by atoms with E-state index in [4.69, 9.17) is 4.74 Å². The van der Waals surface area contributed by atoms with E-state index < -0.39 is 18.2 Å². The van der Waals surface area contributed by atoms with E-state index >= 15 is 0 Å². The highest BCUT2D eigenvalue weighted by atomic mass is 16.5. The first kappa shape index (κ1) is 52.9. The number of nitrogens with one attached hydrogen (secondary N) is 1. The Hall–Kier alpha value is -1.14. The molecule has 0 aromatic carbocycles. The molecule has 6 nitrogen and oxygen atoms in total. The number of carbonyl (C=O) groups excluding carboxylic acids is 2. The average Bonchev–Trinajstić information content (AvgIpc) is 3.16. The molecule has 0 aliphatic heterocycles. The molecule has 1 amide bonds. The Morgan fingerprint density at radius 2 is 0.778 bits per heavy atom. The van der Waals surface area contributed by atoms with E-state index in [0.29, 0.717) is 19.3 Å². The van der Waals surface area contributed by atoms with Gasteiger partial charge in [-0.25, -0.2) is 0 Å². The van der Waals surface area contributed by atoms with Crippen LogP contribution >= 0.6 is 0 Å². The standard InChI is InChI=1S/C48H95NO5/c1-4-7-10-13-16-18-20-22-23-24-25-26-28-31-34-37-40-46(51)45(43-50)49-47(52)42-44(39-36-33-30-15-12-9-6-3)54-48(53)41-38-35-32-29-27-21-19-17-14-11-8-5-2/h44-46,50-51H,4-43H2,1-3H3,(H,49,52). The Morgan fingerprint density at radius 1 is 0.463 bits per heavy atom. The number of unbranched alkanes of at least 4 members (excludes halogenated alkanes) is 32. The minimum Gasteiger partial charge on any atom is -0.462 e.